The lowest BCUT2D eigenvalue weighted by Gasteiger charge is -2.09. The summed E-state index contributed by atoms with van der Waals surface area (Å²) in [6.07, 6.45) is 1.01. The van der Waals surface area contributed by atoms with Crippen LogP contribution in [0.3, 0.4) is 0 Å². The van der Waals surface area contributed by atoms with Gasteiger partial charge in [-0.25, -0.2) is 18.2 Å². The van der Waals surface area contributed by atoms with E-state index in [9.17, 15) is 13.2 Å². The molecule has 3 rings (SSSR count). The average Bonchev–Trinajstić information content (AvgIpc) is 3.00. The maximum Gasteiger partial charge on any atom is 0.340 e. The number of hydrogen-bond acceptors (Lipinski definition) is 6. The van der Waals surface area contributed by atoms with Crippen LogP contribution in [0.15, 0.2) is 59.0 Å². The third-order valence-corrected chi connectivity index (χ3v) is 4.29. The number of benzene rings is 2. The smallest absolute Gasteiger partial charge is 0.340 e. The summed E-state index contributed by atoms with van der Waals surface area (Å²) in [5.41, 5.74) is 1.59. The second-order valence-electron chi connectivity index (χ2n) is 5.88. The van der Waals surface area contributed by atoms with Crippen LogP contribution in [0.4, 0.5) is 5.69 Å². The summed E-state index contributed by atoms with van der Waals surface area (Å²) < 4.78 is 36.1. The molecule has 0 spiro atoms. The van der Waals surface area contributed by atoms with E-state index in [4.69, 9.17) is 9.15 Å². The van der Waals surface area contributed by atoms with Crippen molar-refractivity contribution in [2.24, 2.45) is 0 Å². The van der Waals surface area contributed by atoms with Crippen molar-refractivity contribution >= 4 is 21.7 Å². The molecule has 1 heterocycles. The standard InChI is InChI=1S/C19H18N2O5S/c1-13-17(20-18(26-13)14-8-4-3-5-9-14)12-25-19(22)15-10-6-7-11-16(15)21-27(2,23)24/h3-11,21H,12H2,1-2H3. The van der Waals surface area contributed by atoms with E-state index in [1.807, 2.05) is 30.3 Å². The Morgan fingerprint density at radius 2 is 1.78 bits per heavy atom. The number of esters is 1. The van der Waals surface area contributed by atoms with Gasteiger partial charge in [0, 0.05) is 5.56 Å². The monoisotopic (exact) mass is 386 g/mol. The molecule has 0 saturated heterocycles. The van der Waals surface area contributed by atoms with E-state index in [0.717, 1.165) is 11.8 Å². The predicted molar refractivity (Wildman–Crippen MR) is 101 cm³/mol. The van der Waals surface area contributed by atoms with E-state index < -0.39 is 16.0 Å². The highest BCUT2D eigenvalue weighted by atomic mass is 32.2. The van der Waals surface area contributed by atoms with Crippen molar-refractivity contribution in [1.29, 1.82) is 0 Å². The SMILES string of the molecule is Cc1oc(-c2ccccc2)nc1COC(=O)c1ccccc1NS(C)(=O)=O. The normalized spacial score (nSPS) is 11.2. The molecule has 0 bridgehead atoms. The third kappa shape index (κ3) is 4.73. The van der Waals surface area contributed by atoms with Crippen LogP contribution in [-0.4, -0.2) is 25.6 Å². The Bertz CT molecular complexity index is 1060. The van der Waals surface area contributed by atoms with Crippen molar-refractivity contribution in [1.82, 2.24) is 4.98 Å². The van der Waals surface area contributed by atoms with Gasteiger partial charge in [-0.05, 0) is 31.2 Å². The van der Waals surface area contributed by atoms with Crippen molar-refractivity contribution in [3.8, 4) is 11.5 Å². The quantitative estimate of drug-likeness (QED) is 0.652. The first-order valence-corrected chi connectivity index (χ1v) is 9.98. The minimum absolute atomic E-state index is 0.0891. The van der Waals surface area contributed by atoms with Crippen molar-refractivity contribution in [3.05, 3.63) is 71.6 Å². The number of oxazole rings is 1. The van der Waals surface area contributed by atoms with Crippen LogP contribution in [0.2, 0.25) is 0 Å². The Morgan fingerprint density at radius 1 is 1.11 bits per heavy atom. The number of aryl methyl sites for hydroxylation is 1. The zero-order chi connectivity index (χ0) is 19.4. The molecule has 0 aliphatic heterocycles. The van der Waals surface area contributed by atoms with E-state index in [2.05, 4.69) is 9.71 Å². The molecule has 0 unspecified atom stereocenters. The van der Waals surface area contributed by atoms with Crippen LogP contribution in [0.5, 0.6) is 0 Å². The number of rotatable bonds is 6. The van der Waals surface area contributed by atoms with Crippen LogP contribution in [-0.2, 0) is 21.4 Å². The number of hydrogen-bond donors (Lipinski definition) is 1. The summed E-state index contributed by atoms with van der Waals surface area (Å²) in [6, 6.07) is 15.6. The fourth-order valence-electron chi connectivity index (χ4n) is 2.43. The Hall–Kier alpha value is -3.13. The van der Waals surface area contributed by atoms with Gasteiger partial charge in [0.1, 0.15) is 18.1 Å². The summed E-state index contributed by atoms with van der Waals surface area (Å²) in [5.74, 6) is 0.327. The summed E-state index contributed by atoms with van der Waals surface area (Å²) in [7, 11) is -3.52. The molecule has 1 N–H and O–H groups in total. The number of anilines is 1. The average molecular weight is 386 g/mol. The van der Waals surface area contributed by atoms with Gasteiger partial charge in [0.15, 0.2) is 0 Å². The molecule has 8 heteroatoms. The highest BCUT2D eigenvalue weighted by Gasteiger charge is 2.17. The van der Waals surface area contributed by atoms with Gasteiger partial charge in [-0.1, -0.05) is 30.3 Å². The number of carbonyl (C=O) groups is 1. The van der Waals surface area contributed by atoms with Gasteiger partial charge >= 0.3 is 5.97 Å². The topological polar surface area (TPSA) is 98.5 Å². The van der Waals surface area contributed by atoms with Gasteiger partial charge < -0.3 is 9.15 Å². The second kappa shape index (κ2) is 7.63. The van der Waals surface area contributed by atoms with Gasteiger partial charge in [-0.15, -0.1) is 0 Å². The van der Waals surface area contributed by atoms with Gasteiger partial charge in [-0.2, -0.15) is 0 Å². The van der Waals surface area contributed by atoms with Gasteiger partial charge in [0.05, 0.1) is 17.5 Å². The van der Waals surface area contributed by atoms with E-state index in [1.54, 1.807) is 19.1 Å². The molecule has 27 heavy (non-hydrogen) atoms. The zero-order valence-electron chi connectivity index (χ0n) is 14.8. The summed E-state index contributed by atoms with van der Waals surface area (Å²) in [6.45, 7) is 1.65. The zero-order valence-corrected chi connectivity index (χ0v) is 15.6. The minimum Gasteiger partial charge on any atom is -0.455 e. The Kier molecular flexibility index (Phi) is 5.27. The van der Waals surface area contributed by atoms with Crippen LogP contribution < -0.4 is 4.72 Å². The number of sulfonamides is 1. The van der Waals surface area contributed by atoms with Crippen molar-refractivity contribution < 1.29 is 22.4 Å². The third-order valence-electron chi connectivity index (χ3n) is 3.70. The summed E-state index contributed by atoms with van der Waals surface area (Å²) in [4.78, 5) is 16.8. The molecule has 0 saturated carbocycles. The Balaban J connectivity index is 1.75. The summed E-state index contributed by atoms with van der Waals surface area (Å²) in [5, 5.41) is 0. The molecular weight excluding hydrogens is 368 g/mol. The molecular formula is C19H18N2O5S. The number of para-hydroxylation sites is 1. The number of ether oxygens (including phenoxy) is 1. The minimum atomic E-state index is -3.52. The Labute approximate surface area is 157 Å². The molecule has 0 aliphatic rings. The molecule has 0 radical (unpaired) electrons. The number of nitrogens with zero attached hydrogens (tertiary/aromatic N) is 1. The highest BCUT2D eigenvalue weighted by molar-refractivity contribution is 7.92. The van der Waals surface area contributed by atoms with Crippen molar-refractivity contribution in [3.63, 3.8) is 0 Å². The van der Waals surface area contributed by atoms with Gasteiger partial charge in [0.2, 0.25) is 15.9 Å². The second-order valence-corrected chi connectivity index (χ2v) is 7.63. The van der Waals surface area contributed by atoms with Crippen LogP contribution in [0, 0.1) is 6.92 Å². The molecule has 140 valence electrons. The van der Waals surface area contributed by atoms with Gasteiger partial charge in [-0.3, -0.25) is 4.72 Å². The molecule has 7 nitrogen and oxygen atoms in total. The van der Waals surface area contributed by atoms with E-state index in [1.165, 1.54) is 12.1 Å². The van der Waals surface area contributed by atoms with Crippen LogP contribution in [0.1, 0.15) is 21.8 Å². The molecule has 0 aliphatic carbocycles. The van der Waals surface area contributed by atoms with E-state index in [0.29, 0.717) is 17.3 Å². The lowest BCUT2D eigenvalue weighted by atomic mass is 10.2. The van der Waals surface area contributed by atoms with Crippen LogP contribution in [0.25, 0.3) is 11.5 Å². The maximum absolute atomic E-state index is 12.4. The molecule has 3 aromatic rings. The molecule has 1 aromatic heterocycles. The fraction of sp³-hybridized carbons (Fsp3) is 0.158. The largest absolute Gasteiger partial charge is 0.455 e. The van der Waals surface area contributed by atoms with E-state index >= 15 is 0 Å². The maximum atomic E-state index is 12.4. The first-order chi connectivity index (χ1) is 12.8. The predicted octanol–water partition coefficient (Wildman–Crippen LogP) is 3.38. The fourth-order valence-corrected chi connectivity index (χ4v) is 3.01. The molecule has 2 aromatic carbocycles. The highest BCUT2D eigenvalue weighted by Crippen LogP contribution is 2.23. The number of aromatic nitrogens is 1. The van der Waals surface area contributed by atoms with E-state index in [-0.39, 0.29) is 17.9 Å². The van der Waals surface area contributed by atoms with Crippen LogP contribution >= 0.6 is 0 Å². The van der Waals surface area contributed by atoms with Crippen molar-refractivity contribution in [2.45, 2.75) is 13.5 Å². The first-order valence-electron chi connectivity index (χ1n) is 8.09. The van der Waals surface area contributed by atoms with Gasteiger partial charge in [0.25, 0.3) is 0 Å². The molecule has 0 amide bonds. The Morgan fingerprint density at radius 3 is 2.48 bits per heavy atom. The van der Waals surface area contributed by atoms with Crippen molar-refractivity contribution in [2.75, 3.05) is 11.0 Å². The lowest BCUT2D eigenvalue weighted by molar-refractivity contribution is 0.0468. The summed E-state index contributed by atoms with van der Waals surface area (Å²) >= 11 is 0. The lowest BCUT2D eigenvalue weighted by Crippen LogP contribution is -2.14. The molecule has 0 fully saturated rings. The number of carbonyl (C=O) groups excluding carboxylic acids is 1. The first kappa shape index (κ1) is 18.7. The number of nitrogens with one attached hydrogen (secondary N) is 1. The molecule has 0 atom stereocenters.